The lowest BCUT2D eigenvalue weighted by molar-refractivity contribution is -0.120. The number of carbonyl (C=O) groups excluding carboxylic acids is 1. The van der Waals surface area contributed by atoms with Gasteiger partial charge < -0.3 is 10.3 Å². The second-order valence-electron chi connectivity index (χ2n) is 3.78. The molecule has 0 bridgehead atoms. The third kappa shape index (κ3) is 3.64. The zero-order valence-electron chi connectivity index (χ0n) is 9.24. The van der Waals surface area contributed by atoms with Gasteiger partial charge in [-0.25, -0.2) is 0 Å². The molecule has 0 spiro atoms. The van der Waals surface area contributed by atoms with Crippen LogP contribution in [0.1, 0.15) is 11.3 Å². The summed E-state index contributed by atoms with van der Waals surface area (Å²) in [5.41, 5.74) is 1.95. The Morgan fingerprint density at radius 1 is 1.24 bits per heavy atom. The lowest BCUT2D eigenvalue weighted by Crippen LogP contribution is -2.24. The van der Waals surface area contributed by atoms with Gasteiger partial charge in [-0.2, -0.15) is 0 Å². The van der Waals surface area contributed by atoms with E-state index in [9.17, 15) is 4.79 Å². The van der Waals surface area contributed by atoms with E-state index in [1.54, 1.807) is 0 Å². The fraction of sp³-hybridized carbons (Fsp3) is 0.154. The van der Waals surface area contributed by atoms with Crippen molar-refractivity contribution in [2.45, 2.75) is 13.0 Å². The van der Waals surface area contributed by atoms with E-state index < -0.39 is 0 Å². The quantitative estimate of drug-likeness (QED) is 0.858. The maximum Gasteiger partial charge on any atom is 0.226 e. The number of amides is 1. The number of benzene rings is 1. The highest BCUT2D eigenvalue weighted by Gasteiger charge is 2.03. The van der Waals surface area contributed by atoms with E-state index in [0.29, 0.717) is 18.0 Å². The first kappa shape index (κ1) is 11.7. The molecule has 0 fully saturated rings. The minimum absolute atomic E-state index is 0.00222. The average Bonchev–Trinajstić information content (AvgIpc) is 2.81. The van der Waals surface area contributed by atoms with Crippen LogP contribution in [0.3, 0.4) is 0 Å². The minimum Gasteiger partial charge on any atom is -0.365 e. The largest absolute Gasteiger partial charge is 0.365 e. The molecule has 0 aliphatic heterocycles. The summed E-state index contributed by atoms with van der Waals surface area (Å²) < 4.78 is 0. The van der Waals surface area contributed by atoms with Gasteiger partial charge in [0, 0.05) is 23.5 Å². The molecule has 1 aromatic carbocycles. The van der Waals surface area contributed by atoms with Gasteiger partial charge in [-0.3, -0.25) is 4.79 Å². The highest BCUT2D eigenvalue weighted by molar-refractivity contribution is 6.30. The number of aromatic nitrogens is 1. The van der Waals surface area contributed by atoms with Crippen LogP contribution >= 0.6 is 11.6 Å². The maximum atomic E-state index is 11.6. The second-order valence-corrected chi connectivity index (χ2v) is 4.21. The van der Waals surface area contributed by atoms with E-state index in [0.717, 1.165) is 11.3 Å². The molecule has 0 saturated heterocycles. The molecule has 17 heavy (non-hydrogen) atoms. The molecule has 0 aliphatic rings. The zero-order valence-corrected chi connectivity index (χ0v) is 10.00. The topological polar surface area (TPSA) is 44.9 Å². The SMILES string of the molecule is O=C(Cc1ccc[nH]1)NCc1ccc(Cl)cc1. The van der Waals surface area contributed by atoms with Crippen molar-refractivity contribution in [1.29, 1.82) is 0 Å². The minimum atomic E-state index is 0.00222. The van der Waals surface area contributed by atoms with Gasteiger partial charge in [-0.1, -0.05) is 23.7 Å². The molecule has 88 valence electrons. The predicted octanol–water partition coefficient (Wildman–Crippen LogP) is 2.53. The lowest BCUT2D eigenvalue weighted by Gasteiger charge is -2.04. The van der Waals surface area contributed by atoms with Gasteiger partial charge in [-0.05, 0) is 29.8 Å². The fourth-order valence-corrected chi connectivity index (χ4v) is 1.64. The van der Waals surface area contributed by atoms with E-state index >= 15 is 0 Å². The first-order valence-corrected chi connectivity index (χ1v) is 5.75. The van der Waals surface area contributed by atoms with Crippen molar-refractivity contribution < 1.29 is 4.79 Å². The summed E-state index contributed by atoms with van der Waals surface area (Å²) >= 11 is 5.78. The summed E-state index contributed by atoms with van der Waals surface area (Å²) in [7, 11) is 0. The number of hydrogen-bond acceptors (Lipinski definition) is 1. The molecule has 1 aromatic heterocycles. The van der Waals surface area contributed by atoms with E-state index in [4.69, 9.17) is 11.6 Å². The lowest BCUT2D eigenvalue weighted by atomic mass is 10.2. The molecule has 1 amide bonds. The van der Waals surface area contributed by atoms with Crippen LogP contribution in [-0.4, -0.2) is 10.9 Å². The van der Waals surface area contributed by atoms with Crippen LogP contribution in [-0.2, 0) is 17.8 Å². The molecule has 0 unspecified atom stereocenters. The van der Waals surface area contributed by atoms with E-state index in [1.807, 2.05) is 42.6 Å². The molecule has 4 heteroatoms. The van der Waals surface area contributed by atoms with Crippen molar-refractivity contribution in [1.82, 2.24) is 10.3 Å². The zero-order chi connectivity index (χ0) is 12.1. The van der Waals surface area contributed by atoms with Gasteiger partial charge in [-0.15, -0.1) is 0 Å². The molecule has 0 radical (unpaired) electrons. The third-order valence-electron chi connectivity index (χ3n) is 2.42. The number of aromatic amines is 1. The van der Waals surface area contributed by atoms with Crippen LogP contribution in [0, 0.1) is 0 Å². The van der Waals surface area contributed by atoms with Crippen LogP contribution in [0.25, 0.3) is 0 Å². The van der Waals surface area contributed by atoms with Crippen molar-refractivity contribution >= 4 is 17.5 Å². The van der Waals surface area contributed by atoms with Crippen LogP contribution in [0.15, 0.2) is 42.6 Å². The van der Waals surface area contributed by atoms with Crippen molar-refractivity contribution in [3.05, 3.63) is 58.9 Å². The summed E-state index contributed by atoms with van der Waals surface area (Å²) in [6.45, 7) is 0.525. The van der Waals surface area contributed by atoms with Crippen LogP contribution < -0.4 is 5.32 Å². The highest BCUT2D eigenvalue weighted by atomic mass is 35.5. The van der Waals surface area contributed by atoms with Gasteiger partial charge in [0.2, 0.25) is 5.91 Å². The Bertz CT molecular complexity index is 477. The average molecular weight is 249 g/mol. The van der Waals surface area contributed by atoms with Gasteiger partial charge in [0.15, 0.2) is 0 Å². The van der Waals surface area contributed by atoms with Crippen molar-refractivity contribution in [2.75, 3.05) is 0 Å². The number of nitrogens with one attached hydrogen (secondary N) is 2. The molecule has 2 aromatic rings. The summed E-state index contributed by atoms with van der Waals surface area (Å²) in [4.78, 5) is 14.6. The molecular weight excluding hydrogens is 236 g/mol. The number of H-pyrrole nitrogens is 1. The Labute approximate surface area is 105 Å². The van der Waals surface area contributed by atoms with E-state index in [2.05, 4.69) is 10.3 Å². The maximum absolute atomic E-state index is 11.6. The Hall–Kier alpha value is -1.74. The first-order chi connectivity index (χ1) is 8.24. The predicted molar refractivity (Wildman–Crippen MR) is 67.8 cm³/mol. The number of rotatable bonds is 4. The summed E-state index contributed by atoms with van der Waals surface area (Å²) in [6.07, 6.45) is 2.18. The normalized spacial score (nSPS) is 10.2. The Balaban J connectivity index is 1.82. The number of carbonyl (C=O) groups is 1. The summed E-state index contributed by atoms with van der Waals surface area (Å²) in [5.74, 6) is 0.00222. The monoisotopic (exact) mass is 248 g/mol. The van der Waals surface area contributed by atoms with E-state index in [1.165, 1.54) is 0 Å². The van der Waals surface area contributed by atoms with Gasteiger partial charge in [0.1, 0.15) is 0 Å². The van der Waals surface area contributed by atoms with Gasteiger partial charge in [0.25, 0.3) is 0 Å². The third-order valence-corrected chi connectivity index (χ3v) is 2.67. The summed E-state index contributed by atoms with van der Waals surface area (Å²) in [5, 5.41) is 3.56. The van der Waals surface area contributed by atoms with Crippen molar-refractivity contribution in [3.63, 3.8) is 0 Å². The molecule has 2 N–H and O–H groups in total. The molecular formula is C13H13ClN2O. The number of hydrogen-bond donors (Lipinski definition) is 2. The van der Waals surface area contributed by atoms with Crippen LogP contribution in [0.5, 0.6) is 0 Å². The second kappa shape index (κ2) is 5.55. The van der Waals surface area contributed by atoms with Gasteiger partial charge in [0.05, 0.1) is 6.42 Å². The number of halogens is 1. The van der Waals surface area contributed by atoms with Crippen LogP contribution in [0.4, 0.5) is 0 Å². The highest BCUT2D eigenvalue weighted by Crippen LogP contribution is 2.09. The Kier molecular flexibility index (Phi) is 3.83. The standard InChI is InChI=1S/C13H13ClN2O/c14-11-5-3-10(4-6-11)9-16-13(17)8-12-2-1-7-15-12/h1-7,15H,8-9H2,(H,16,17). The van der Waals surface area contributed by atoms with Crippen molar-refractivity contribution in [2.24, 2.45) is 0 Å². The first-order valence-electron chi connectivity index (χ1n) is 5.37. The fourth-order valence-electron chi connectivity index (χ4n) is 1.52. The summed E-state index contributed by atoms with van der Waals surface area (Å²) in [6, 6.07) is 11.2. The molecule has 3 nitrogen and oxygen atoms in total. The molecule has 2 rings (SSSR count). The van der Waals surface area contributed by atoms with Gasteiger partial charge >= 0.3 is 0 Å². The van der Waals surface area contributed by atoms with E-state index in [-0.39, 0.29) is 5.91 Å². The molecule has 1 heterocycles. The molecule has 0 saturated carbocycles. The molecule has 0 aliphatic carbocycles. The van der Waals surface area contributed by atoms with Crippen LogP contribution in [0.2, 0.25) is 5.02 Å². The Morgan fingerprint density at radius 3 is 2.65 bits per heavy atom. The van der Waals surface area contributed by atoms with Crippen molar-refractivity contribution in [3.8, 4) is 0 Å². The Morgan fingerprint density at radius 2 is 2.00 bits per heavy atom. The smallest absolute Gasteiger partial charge is 0.226 e. The molecule has 0 atom stereocenters.